The van der Waals surface area contributed by atoms with Crippen LogP contribution in [0.5, 0.6) is 0 Å². The van der Waals surface area contributed by atoms with Gasteiger partial charge in [-0.05, 0) is 31.9 Å². The maximum absolute atomic E-state index is 11.5. The van der Waals surface area contributed by atoms with Crippen LogP contribution < -0.4 is 5.32 Å². The highest BCUT2D eigenvalue weighted by atomic mass is 32.2. The Morgan fingerprint density at radius 2 is 2.13 bits per heavy atom. The number of aliphatic hydroxyl groups excluding tert-OH is 1. The first-order valence-electron chi connectivity index (χ1n) is 5.63. The van der Waals surface area contributed by atoms with Gasteiger partial charge in [-0.15, -0.1) is 0 Å². The number of hydrogen-bond acceptors (Lipinski definition) is 3. The molecule has 1 aliphatic rings. The van der Waals surface area contributed by atoms with Crippen LogP contribution in [0.25, 0.3) is 0 Å². The zero-order chi connectivity index (χ0) is 11.3. The number of amides is 1. The van der Waals surface area contributed by atoms with Gasteiger partial charge < -0.3 is 10.4 Å². The molecule has 0 aromatic carbocycles. The Kier molecular flexibility index (Phi) is 5.47. The number of rotatable bonds is 5. The van der Waals surface area contributed by atoms with Crippen LogP contribution >= 0.6 is 11.8 Å². The van der Waals surface area contributed by atoms with E-state index < -0.39 is 0 Å². The van der Waals surface area contributed by atoms with Crippen molar-refractivity contribution in [2.75, 3.05) is 12.8 Å². The molecular formula is C11H21NO2S. The molecule has 0 radical (unpaired) electrons. The highest BCUT2D eigenvalue weighted by molar-refractivity contribution is 7.99. The molecule has 0 saturated heterocycles. The molecule has 1 saturated carbocycles. The van der Waals surface area contributed by atoms with Gasteiger partial charge in [-0.25, -0.2) is 0 Å². The summed E-state index contributed by atoms with van der Waals surface area (Å²) in [6.07, 6.45) is 6.21. The highest BCUT2D eigenvalue weighted by Crippen LogP contribution is 2.27. The second-order valence-corrected chi connectivity index (χ2v) is 5.41. The van der Waals surface area contributed by atoms with E-state index in [2.05, 4.69) is 5.32 Å². The van der Waals surface area contributed by atoms with Crippen LogP contribution in [0.3, 0.4) is 0 Å². The maximum atomic E-state index is 11.5. The summed E-state index contributed by atoms with van der Waals surface area (Å²) < 4.78 is 0. The van der Waals surface area contributed by atoms with E-state index in [9.17, 15) is 9.90 Å². The lowest BCUT2D eigenvalue weighted by atomic mass is 10.0. The summed E-state index contributed by atoms with van der Waals surface area (Å²) in [5.41, 5.74) is 0. The van der Waals surface area contributed by atoms with Crippen molar-refractivity contribution in [1.82, 2.24) is 5.32 Å². The number of hydrogen-bond donors (Lipinski definition) is 2. The van der Waals surface area contributed by atoms with E-state index in [1.165, 1.54) is 24.6 Å². The van der Waals surface area contributed by atoms with Gasteiger partial charge in [0.15, 0.2) is 0 Å². The predicted molar refractivity (Wildman–Crippen MR) is 64.0 cm³/mol. The largest absolute Gasteiger partial charge is 0.391 e. The molecule has 1 aliphatic carbocycles. The molecule has 0 bridgehead atoms. The lowest BCUT2D eigenvalue weighted by Gasteiger charge is -2.19. The van der Waals surface area contributed by atoms with E-state index in [0.717, 1.165) is 12.8 Å². The average molecular weight is 231 g/mol. The van der Waals surface area contributed by atoms with Crippen molar-refractivity contribution in [3.63, 3.8) is 0 Å². The van der Waals surface area contributed by atoms with E-state index in [4.69, 9.17) is 0 Å². The number of thioether (sulfide) groups is 1. The van der Waals surface area contributed by atoms with Gasteiger partial charge in [0.1, 0.15) is 0 Å². The fourth-order valence-electron chi connectivity index (χ4n) is 1.96. The van der Waals surface area contributed by atoms with E-state index in [1.54, 1.807) is 0 Å². The third-order valence-electron chi connectivity index (χ3n) is 3.15. The van der Waals surface area contributed by atoms with Crippen LogP contribution in [0, 0.1) is 5.92 Å². The van der Waals surface area contributed by atoms with E-state index >= 15 is 0 Å². The molecule has 1 rings (SSSR count). The van der Waals surface area contributed by atoms with Gasteiger partial charge in [0.05, 0.1) is 11.4 Å². The fourth-order valence-corrected chi connectivity index (χ4v) is 2.26. The zero-order valence-corrected chi connectivity index (χ0v) is 10.3. The van der Waals surface area contributed by atoms with Gasteiger partial charge in [-0.3, -0.25) is 4.79 Å². The smallest absolute Gasteiger partial charge is 0.232 e. The lowest BCUT2D eigenvalue weighted by molar-refractivity contribution is -0.120. The van der Waals surface area contributed by atoms with Gasteiger partial charge in [-0.2, -0.15) is 11.8 Å². The molecular weight excluding hydrogens is 210 g/mol. The zero-order valence-electron chi connectivity index (χ0n) is 9.53. The predicted octanol–water partition coefficient (Wildman–Crippen LogP) is 1.41. The Labute approximate surface area is 96.0 Å². The minimum Gasteiger partial charge on any atom is -0.391 e. The Balaban J connectivity index is 2.20. The normalized spacial score (nSPS) is 21.3. The molecule has 2 atom stereocenters. The second kappa shape index (κ2) is 6.38. The Morgan fingerprint density at radius 3 is 2.67 bits per heavy atom. The Morgan fingerprint density at radius 1 is 1.53 bits per heavy atom. The average Bonchev–Trinajstić information content (AvgIpc) is 2.77. The molecule has 0 spiro atoms. The third kappa shape index (κ3) is 4.03. The van der Waals surface area contributed by atoms with Crippen LogP contribution in [-0.4, -0.2) is 35.2 Å². The quantitative estimate of drug-likeness (QED) is 0.752. The molecule has 0 aliphatic heterocycles. The minimum atomic E-state index is -0.356. The van der Waals surface area contributed by atoms with Crippen molar-refractivity contribution in [2.24, 2.45) is 5.92 Å². The van der Waals surface area contributed by atoms with Crippen molar-refractivity contribution < 1.29 is 9.90 Å². The summed E-state index contributed by atoms with van der Waals surface area (Å²) in [5, 5.41) is 12.6. The molecule has 88 valence electrons. The first-order chi connectivity index (χ1) is 7.15. The van der Waals surface area contributed by atoms with Crippen LogP contribution in [0.2, 0.25) is 0 Å². The minimum absolute atomic E-state index is 0.0271. The topological polar surface area (TPSA) is 49.3 Å². The lowest BCUT2D eigenvalue weighted by Crippen LogP contribution is -2.39. The first-order valence-corrected chi connectivity index (χ1v) is 6.92. The fraction of sp³-hybridized carbons (Fsp3) is 0.909. The SMILES string of the molecule is CSC(C)C(=O)NCC(O)C1CCCC1. The molecule has 2 N–H and O–H groups in total. The van der Waals surface area contributed by atoms with Gasteiger partial charge in [0, 0.05) is 6.54 Å². The van der Waals surface area contributed by atoms with E-state index in [1.807, 2.05) is 13.2 Å². The molecule has 0 aromatic rings. The molecule has 15 heavy (non-hydrogen) atoms. The van der Waals surface area contributed by atoms with Gasteiger partial charge in [-0.1, -0.05) is 12.8 Å². The van der Waals surface area contributed by atoms with Crippen molar-refractivity contribution in [3.05, 3.63) is 0 Å². The molecule has 1 fully saturated rings. The Bertz CT molecular complexity index is 205. The Hall–Kier alpha value is -0.220. The van der Waals surface area contributed by atoms with Crippen LogP contribution in [0.1, 0.15) is 32.6 Å². The number of carbonyl (C=O) groups excluding carboxylic acids is 1. The summed E-state index contributed by atoms with van der Waals surface area (Å²) in [6.45, 7) is 2.29. The summed E-state index contributed by atoms with van der Waals surface area (Å²) in [4.78, 5) is 11.5. The molecule has 2 unspecified atom stereocenters. The highest BCUT2D eigenvalue weighted by Gasteiger charge is 2.23. The third-order valence-corrected chi connectivity index (χ3v) is 4.07. The molecule has 4 heteroatoms. The van der Waals surface area contributed by atoms with Gasteiger partial charge in [0.25, 0.3) is 0 Å². The molecule has 0 aromatic heterocycles. The first kappa shape index (κ1) is 12.8. The van der Waals surface area contributed by atoms with Crippen molar-refractivity contribution >= 4 is 17.7 Å². The monoisotopic (exact) mass is 231 g/mol. The number of carbonyl (C=O) groups is 1. The van der Waals surface area contributed by atoms with E-state index in [-0.39, 0.29) is 17.3 Å². The summed E-state index contributed by atoms with van der Waals surface area (Å²) in [7, 11) is 0. The van der Waals surface area contributed by atoms with Crippen LogP contribution in [0.15, 0.2) is 0 Å². The van der Waals surface area contributed by atoms with Crippen LogP contribution in [-0.2, 0) is 4.79 Å². The van der Waals surface area contributed by atoms with Gasteiger partial charge >= 0.3 is 0 Å². The molecule has 1 amide bonds. The maximum Gasteiger partial charge on any atom is 0.232 e. The molecule has 0 heterocycles. The summed E-state index contributed by atoms with van der Waals surface area (Å²) in [6, 6.07) is 0. The van der Waals surface area contributed by atoms with Gasteiger partial charge in [0.2, 0.25) is 5.91 Å². The molecule has 3 nitrogen and oxygen atoms in total. The number of nitrogens with one attached hydrogen (secondary N) is 1. The van der Waals surface area contributed by atoms with Crippen molar-refractivity contribution in [2.45, 2.75) is 44.0 Å². The van der Waals surface area contributed by atoms with E-state index in [0.29, 0.717) is 12.5 Å². The summed E-state index contributed by atoms with van der Waals surface area (Å²) >= 11 is 1.52. The standard InChI is InChI=1S/C11H21NO2S/c1-8(15-2)11(14)12-7-10(13)9-5-3-4-6-9/h8-10,13H,3-7H2,1-2H3,(H,12,14). The van der Waals surface area contributed by atoms with Crippen LogP contribution in [0.4, 0.5) is 0 Å². The summed E-state index contributed by atoms with van der Waals surface area (Å²) in [5.74, 6) is 0.425. The number of aliphatic hydroxyl groups is 1. The van der Waals surface area contributed by atoms with Crippen molar-refractivity contribution in [3.8, 4) is 0 Å². The second-order valence-electron chi connectivity index (χ2n) is 4.23. The van der Waals surface area contributed by atoms with Crippen molar-refractivity contribution in [1.29, 1.82) is 0 Å².